The van der Waals surface area contributed by atoms with E-state index in [0.717, 1.165) is 18.4 Å². The second kappa shape index (κ2) is 13.1. The normalized spacial score (nSPS) is 17.4. The molecule has 0 N–H and O–H groups in total. The van der Waals surface area contributed by atoms with Gasteiger partial charge in [-0.15, -0.1) is 0 Å². The van der Waals surface area contributed by atoms with E-state index in [1.165, 1.54) is 41.5 Å². The van der Waals surface area contributed by atoms with Crippen molar-refractivity contribution in [2.45, 2.75) is 73.1 Å². The van der Waals surface area contributed by atoms with Crippen molar-refractivity contribution in [1.82, 2.24) is 0 Å². The highest BCUT2D eigenvalue weighted by atomic mass is 16.5. The maximum Gasteiger partial charge on any atom is 0.306 e. The Bertz CT molecular complexity index is 892. The van der Waals surface area contributed by atoms with Crippen molar-refractivity contribution >= 4 is 5.97 Å². The minimum Gasteiger partial charge on any atom is -0.461 e. The molecule has 32 heavy (non-hydrogen) atoms. The summed E-state index contributed by atoms with van der Waals surface area (Å²) in [5.41, 5.74) is 6.85. The quantitative estimate of drug-likeness (QED) is 0.276. The van der Waals surface area contributed by atoms with Gasteiger partial charge in [-0.1, -0.05) is 91.3 Å². The van der Waals surface area contributed by atoms with Crippen LogP contribution in [0.3, 0.4) is 0 Å². The lowest BCUT2D eigenvalue weighted by Gasteiger charge is -2.32. The minimum absolute atomic E-state index is 0.134. The van der Waals surface area contributed by atoms with Crippen LogP contribution < -0.4 is 0 Å². The van der Waals surface area contributed by atoms with Crippen LogP contribution in [-0.2, 0) is 16.0 Å². The standard InChI is InChI=1S/C30H40O2/c1-24(19-20-28-26(3)14-11-22-30(28,4)5)12-9-13-25(2)21-23-32-29(31)18-10-17-27-15-7-6-8-16-27/h6-9,12-13,15-16,19-21H,10-11,14,17-18,22-23H2,1-5H3. The van der Waals surface area contributed by atoms with Gasteiger partial charge in [-0.3, -0.25) is 4.79 Å². The van der Waals surface area contributed by atoms with Crippen molar-refractivity contribution in [2.75, 3.05) is 6.61 Å². The average Bonchev–Trinajstić information content (AvgIpc) is 2.73. The van der Waals surface area contributed by atoms with Gasteiger partial charge in [0.25, 0.3) is 0 Å². The van der Waals surface area contributed by atoms with Crippen LogP contribution in [-0.4, -0.2) is 12.6 Å². The van der Waals surface area contributed by atoms with E-state index in [-0.39, 0.29) is 11.4 Å². The monoisotopic (exact) mass is 432 g/mol. The number of carbonyl (C=O) groups excluding carboxylic acids is 1. The number of ether oxygens (including phenoxy) is 1. The zero-order valence-corrected chi connectivity index (χ0v) is 20.6. The SMILES string of the molecule is CC(C=CC1=C(C)CCCC1(C)C)=CC=CC(C)=CCOC(=O)CCCc1ccccc1. The Kier molecular flexibility index (Phi) is 10.5. The van der Waals surface area contributed by atoms with Crippen LogP contribution >= 0.6 is 0 Å². The number of rotatable bonds is 10. The summed E-state index contributed by atoms with van der Waals surface area (Å²) in [7, 11) is 0. The Labute approximate surface area is 195 Å². The second-order valence-corrected chi connectivity index (χ2v) is 9.50. The molecule has 1 aromatic rings. The van der Waals surface area contributed by atoms with Gasteiger partial charge in [0, 0.05) is 6.42 Å². The number of carbonyl (C=O) groups is 1. The third-order valence-electron chi connectivity index (χ3n) is 6.11. The number of benzene rings is 1. The number of allylic oxidation sites excluding steroid dienone is 9. The van der Waals surface area contributed by atoms with Crippen molar-refractivity contribution in [2.24, 2.45) is 5.41 Å². The third kappa shape index (κ3) is 9.26. The van der Waals surface area contributed by atoms with E-state index in [1.54, 1.807) is 0 Å². The molecule has 1 aromatic carbocycles. The minimum atomic E-state index is -0.134. The summed E-state index contributed by atoms with van der Waals surface area (Å²) in [5.74, 6) is -0.134. The van der Waals surface area contributed by atoms with Crippen LogP contribution in [0.15, 0.2) is 89.1 Å². The summed E-state index contributed by atoms with van der Waals surface area (Å²) < 4.78 is 5.33. The van der Waals surface area contributed by atoms with Crippen LogP contribution in [0.2, 0.25) is 0 Å². The molecule has 0 unspecified atom stereocenters. The molecular formula is C30H40O2. The highest BCUT2D eigenvalue weighted by molar-refractivity contribution is 5.69. The van der Waals surface area contributed by atoms with Crippen molar-refractivity contribution in [3.63, 3.8) is 0 Å². The van der Waals surface area contributed by atoms with Gasteiger partial charge in [0.2, 0.25) is 0 Å². The number of esters is 1. The molecule has 0 atom stereocenters. The average molecular weight is 433 g/mol. The van der Waals surface area contributed by atoms with Gasteiger partial charge >= 0.3 is 5.97 Å². The number of aryl methyl sites for hydroxylation is 1. The molecule has 0 heterocycles. The van der Waals surface area contributed by atoms with Crippen molar-refractivity contribution in [3.05, 3.63) is 94.6 Å². The van der Waals surface area contributed by atoms with E-state index in [9.17, 15) is 4.79 Å². The molecule has 0 amide bonds. The van der Waals surface area contributed by atoms with Gasteiger partial charge in [0.15, 0.2) is 0 Å². The van der Waals surface area contributed by atoms with Crippen LogP contribution in [0.4, 0.5) is 0 Å². The third-order valence-corrected chi connectivity index (χ3v) is 6.11. The van der Waals surface area contributed by atoms with Gasteiger partial charge in [0.1, 0.15) is 6.61 Å². The van der Waals surface area contributed by atoms with Crippen molar-refractivity contribution in [3.8, 4) is 0 Å². The van der Waals surface area contributed by atoms with Gasteiger partial charge in [0.05, 0.1) is 0 Å². The lowest BCUT2D eigenvalue weighted by atomic mass is 9.72. The first-order valence-corrected chi connectivity index (χ1v) is 11.9. The number of hydrogen-bond acceptors (Lipinski definition) is 2. The fourth-order valence-corrected chi connectivity index (χ4v) is 4.12. The van der Waals surface area contributed by atoms with Crippen LogP contribution in [0.5, 0.6) is 0 Å². The Hall–Kier alpha value is -2.61. The van der Waals surface area contributed by atoms with Crippen molar-refractivity contribution < 1.29 is 9.53 Å². The molecule has 0 bridgehead atoms. The molecule has 2 rings (SSSR count). The summed E-state index contributed by atoms with van der Waals surface area (Å²) in [6.07, 6.45) is 18.6. The second-order valence-electron chi connectivity index (χ2n) is 9.50. The summed E-state index contributed by atoms with van der Waals surface area (Å²) in [6.45, 7) is 11.4. The van der Waals surface area contributed by atoms with Gasteiger partial charge in [-0.2, -0.15) is 0 Å². The molecule has 0 saturated heterocycles. The van der Waals surface area contributed by atoms with Gasteiger partial charge < -0.3 is 4.74 Å². The highest BCUT2D eigenvalue weighted by Gasteiger charge is 2.26. The summed E-state index contributed by atoms with van der Waals surface area (Å²) in [6, 6.07) is 10.2. The van der Waals surface area contributed by atoms with E-state index in [4.69, 9.17) is 4.74 Å². The molecule has 2 heteroatoms. The van der Waals surface area contributed by atoms with E-state index >= 15 is 0 Å². The Morgan fingerprint density at radius 1 is 1.09 bits per heavy atom. The van der Waals surface area contributed by atoms with Gasteiger partial charge in [-0.05, 0) is 75.5 Å². The van der Waals surface area contributed by atoms with Crippen LogP contribution in [0.25, 0.3) is 0 Å². The van der Waals surface area contributed by atoms with E-state index < -0.39 is 0 Å². The lowest BCUT2D eigenvalue weighted by Crippen LogP contribution is -2.19. The molecule has 0 fully saturated rings. The summed E-state index contributed by atoms with van der Waals surface area (Å²) in [5, 5.41) is 0. The molecule has 2 nitrogen and oxygen atoms in total. The number of hydrogen-bond donors (Lipinski definition) is 0. The summed E-state index contributed by atoms with van der Waals surface area (Å²) in [4.78, 5) is 11.9. The Morgan fingerprint density at radius 2 is 1.84 bits per heavy atom. The van der Waals surface area contributed by atoms with E-state index in [1.807, 2.05) is 31.2 Å². The van der Waals surface area contributed by atoms with E-state index in [2.05, 4.69) is 70.2 Å². The first kappa shape index (κ1) is 25.6. The topological polar surface area (TPSA) is 26.3 Å². The molecule has 0 aromatic heterocycles. The summed E-state index contributed by atoms with van der Waals surface area (Å²) >= 11 is 0. The zero-order valence-electron chi connectivity index (χ0n) is 20.6. The molecule has 0 aliphatic heterocycles. The lowest BCUT2D eigenvalue weighted by molar-refractivity contribution is -0.142. The zero-order chi connectivity index (χ0) is 23.4. The molecule has 0 spiro atoms. The highest BCUT2D eigenvalue weighted by Crippen LogP contribution is 2.40. The van der Waals surface area contributed by atoms with Crippen LogP contribution in [0, 0.1) is 5.41 Å². The first-order chi connectivity index (χ1) is 15.3. The fourth-order valence-electron chi connectivity index (χ4n) is 4.12. The molecule has 0 radical (unpaired) electrons. The van der Waals surface area contributed by atoms with Crippen LogP contribution in [0.1, 0.15) is 72.3 Å². The molecule has 1 aliphatic rings. The molecule has 0 saturated carbocycles. The predicted molar refractivity (Wildman–Crippen MR) is 136 cm³/mol. The maximum absolute atomic E-state index is 11.9. The first-order valence-electron chi connectivity index (χ1n) is 11.9. The Morgan fingerprint density at radius 3 is 2.56 bits per heavy atom. The van der Waals surface area contributed by atoms with Gasteiger partial charge in [-0.25, -0.2) is 0 Å². The largest absolute Gasteiger partial charge is 0.461 e. The molecule has 1 aliphatic carbocycles. The van der Waals surface area contributed by atoms with Crippen molar-refractivity contribution in [1.29, 1.82) is 0 Å². The fraction of sp³-hybridized carbons (Fsp3) is 0.433. The molecule has 172 valence electrons. The molecular weight excluding hydrogens is 392 g/mol. The maximum atomic E-state index is 11.9. The van der Waals surface area contributed by atoms with E-state index in [0.29, 0.717) is 13.0 Å². The predicted octanol–water partition coefficient (Wildman–Crippen LogP) is 8.08. The Balaban J connectivity index is 1.74. The smallest absolute Gasteiger partial charge is 0.306 e.